The summed E-state index contributed by atoms with van der Waals surface area (Å²) in [6, 6.07) is 3.55. The maximum Gasteiger partial charge on any atom is 0.190 e. The number of anilines is 1. The lowest BCUT2D eigenvalue weighted by molar-refractivity contribution is 0.836. The second kappa shape index (κ2) is 3.14. The average molecular weight is 186 g/mol. The number of hydrogen-bond acceptors (Lipinski definition) is 5. The minimum Gasteiger partial charge on any atom is -0.382 e. The third kappa shape index (κ3) is 1.27. The highest BCUT2D eigenvalue weighted by molar-refractivity contribution is 5.38. The summed E-state index contributed by atoms with van der Waals surface area (Å²) in [5.74, 6) is 0.756. The van der Waals surface area contributed by atoms with Crippen molar-refractivity contribution in [3.8, 4) is 11.9 Å². The van der Waals surface area contributed by atoms with Crippen molar-refractivity contribution < 1.29 is 0 Å². The molecule has 0 aromatic carbocycles. The summed E-state index contributed by atoms with van der Waals surface area (Å²) in [6.07, 6.45) is 4.57. The number of nitrogens with two attached hydrogens (primary N) is 1. The molecule has 2 rings (SSSR count). The van der Waals surface area contributed by atoms with Crippen LogP contribution in [0.15, 0.2) is 24.7 Å². The molecule has 2 heterocycles. The van der Waals surface area contributed by atoms with E-state index < -0.39 is 0 Å². The molecule has 2 aromatic rings. The highest BCUT2D eigenvalue weighted by Gasteiger charge is 2.06. The number of nitriles is 1. The van der Waals surface area contributed by atoms with Gasteiger partial charge in [0.15, 0.2) is 11.5 Å². The standard InChI is InChI=1S/C8H6N6/c9-5-6-8(12-3-2-11-6)14-4-1-7(10)13-14/h1-4H,(H2,10,13). The van der Waals surface area contributed by atoms with Crippen molar-refractivity contribution in [1.82, 2.24) is 19.7 Å². The van der Waals surface area contributed by atoms with Gasteiger partial charge in [0.2, 0.25) is 0 Å². The first kappa shape index (κ1) is 8.19. The fraction of sp³-hybridized carbons (Fsp3) is 0. The Kier molecular flexibility index (Phi) is 1.84. The number of hydrogen-bond donors (Lipinski definition) is 1. The van der Waals surface area contributed by atoms with Gasteiger partial charge in [0, 0.05) is 24.7 Å². The Morgan fingerprint density at radius 1 is 1.36 bits per heavy atom. The van der Waals surface area contributed by atoms with Gasteiger partial charge in [-0.1, -0.05) is 0 Å². The Bertz CT molecular complexity index is 495. The summed E-state index contributed by atoms with van der Waals surface area (Å²) in [5, 5.41) is 12.7. The van der Waals surface area contributed by atoms with E-state index >= 15 is 0 Å². The van der Waals surface area contributed by atoms with Crippen molar-refractivity contribution in [3.63, 3.8) is 0 Å². The maximum absolute atomic E-state index is 8.76. The molecular formula is C8H6N6. The summed E-state index contributed by atoms with van der Waals surface area (Å²) in [6.45, 7) is 0. The van der Waals surface area contributed by atoms with Crippen LogP contribution in [0.3, 0.4) is 0 Å². The molecule has 0 saturated carbocycles. The molecule has 14 heavy (non-hydrogen) atoms. The van der Waals surface area contributed by atoms with Crippen LogP contribution >= 0.6 is 0 Å². The van der Waals surface area contributed by atoms with Gasteiger partial charge in [0.1, 0.15) is 11.9 Å². The second-order valence-corrected chi connectivity index (χ2v) is 2.53. The molecule has 0 saturated heterocycles. The molecule has 0 aliphatic heterocycles. The zero-order valence-electron chi connectivity index (χ0n) is 7.12. The molecule has 0 atom stereocenters. The molecule has 0 bridgehead atoms. The lowest BCUT2D eigenvalue weighted by Gasteiger charge is -1.99. The first-order chi connectivity index (χ1) is 6.81. The zero-order chi connectivity index (χ0) is 9.97. The van der Waals surface area contributed by atoms with Gasteiger partial charge in [-0.3, -0.25) is 0 Å². The fourth-order valence-corrected chi connectivity index (χ4v) is 1.03. The van der Waals surface area contributed by atoms with Gasteiger partial charge in [0.05, 0.1) is 0 Å². The molecule has 0 amide bonds. The van der Waals surface area contributed by atoms with Crippen molar-refractivity contribution in [2.45, 2.75) is 0 Å². The lowest BCUT2D eigenvalue weighted by atomic mass is 10.4. The van der Waals surface area contributed by atoms with Gasteiger partial charge < -0.3 is 5.73 Å². The topological polar surface area (TPSA) is 93.4 Å². The SMILES string of the molecule is N#Cc1nccnc1-n1ccc(N)n1. The highest BCUT2D eigenvalue weighted by atomic mass is 15.3. The molecule has 0 unspecified atom stereocenters. The lowest BCUT2D eigenvalue weighted by Crippen LogP contribution is -2.03. The molecular weight excluding hydrogens is 180 g/mol. The molecule has 0 aliphatic carbocycles. The third-order valence-electron chi connectivity index (χ3n) is 1.61. The quantitative estimate of drug-likeness (QED) is 0.682. The minimum atomic E-state index is 0.218. The van der Waals surface area contributed by atoms with Gasteiger partial charge in [-0.15, -0.1) is 5.10 Å². The van der Waals surface area contributed by atoms with Crippen molar-refractivity contribution in [2.24, 2.45) is 0 Å². The van der Waals surface area contributed by atoms with Crippen LogP contribution in [0.4, 0.5) is 5.82 Å². The van der Waals surface area contributed by atoms with Crippen LogP contribution in [0, 0.1) is 11.3 Å². The molecule has 0 aliphatic rings. The van der Waals surface area contributed by atoms with Crippen LogP contribution in [0.25, 0.3) is 5.82 Å². The van der Waals surface area contributed by atoms with Gasteiger partial charge in [0.25, 0.3) is 0 Å². The molecule has 0 fully saturated rings. The van der Waals surface area contributed by atoms with Crippen LogP contribution in [-0.4, -0.2) is 19.7 Å². The number of rotatable bonds is 1. The van der Waals surface area contributed by atoms with Crippen molar-refractivity contribution >= 4 is 5.82 Å². The van der Waals surface area contributed by atoms with E-state index in [1.807, 2.05) is 6.07 Å². The second-order valence-electron chi connectivity index (χ2n) is 2.53. The monoisotopic (exact) mass is 186 g/mol. The van der Waals surface area contributed by atoms with E-state index in [4.69, 9.17) is 11.0 Å². The Labute approximate surface area is 79.6 Å². The predicted molar refractivity (Wildman–Crippen MR) is 48.3 cm³/mol. The molecule has 6 nitrogen and oxygen atoms in total. The predicted octanol–water partition coefficient (Wildman–Crippen LogP) is 0.116. The summed E-state index contributed by atoms with van der Waals surface area (Å²) < 4.78 is 1.42. The first-order valence-corrected chi connectivity index (χ1v) is 3.84. The van der Waals surface area contributed by atoms with E-state index in [0.29, 0.717) is 11.6 Å². The van der Waals surface area contributed by atoms with E-state index in [-0.39, 0.29) is 5.69 Å². The Balaban J connectivity index is 2.57. The smallest absolute Gasteiger partial charge is 0.190 e. The van der Waals surface area contributed by atoms with E-state index in [9.17, 15) is 0 Å². The van der Waals surface area contributed by atoms with Gasteiger partial charge in [-0.05, 0) is 0 Å². The summed E-state index contributed by atoms with van der Waals surface area (Å²) in [4.78, 5) is 7.85. The van der Waals surface area contributed by atoms with Crippen molar-refractivity contribution in [1.29, 1.82) is 5.26 Å². The summed E-state index contributed by atoms with van der Waals surface area (Å²) in [7, 11) is 0. The average Bonchev–Trinajstić information content (AvgIpc) is 2.65. The Hall–Kier alpha value is -2.42. The van der Waals surface area contributed by atoms with E-state index in [2.05, 4.69) is 15.1 Å². The van der Waals surface area contributed by atoms with Crippen LogP contribution in [0.5, 0.6) is 0 Å². The number of aromatic nitrogens is 4. The molecule has 2 aromatic heterocycles. The van der Waals surface area contributed by atoms with Crippen molar-refractivity contribution in [2.75, 3.05) is 5.73 Å². The molecule has 6 heteroatoms. The third-order valence-corrected chi connectivity index (χ3v) is 1.61. The first-order valence-electron chi connectivity index (χ1n) is 3.84. The van der Waals surface area contributed by atoms with E-state index in [0.717, 1.165) is 0 Å². The summed E-state index contributed by atoms with van der Waals surface area (Å²) in [5.41, 5.74) is 5.66. The highest BCUT2D eigenvalue weighted by Crippen LogP contribution is 2.07. The van der Waals surface area contributed by atoms with Crippen LogP contribution in [0.1, 0.15) is 5.69 Å². The molecule has 2 N–H and O–H groups in total. The number of nitrogen functional groups attached to an aromatic ring is 1. The maximum atomic E-state index is 8.76. The van der Waals surface area contributed by atoms with Crippen LogP contribution in [-0.2, 0) is 0 Å². The van der Waals surface area contributed by atoms with E-state index in [1.165, 1.54) is 17.1 Å². The van der Waals surface area contributed by atoms with Gasteiger partial charge >= 0.3 is 0 Å². The van der Waals surface area contributed by atoms with Gasteiger partial charge in [-0.2, -0.15) is 5.26 Å². The summed E-state index contributed by atoms with van der Waals surface area (Å²) >= 11 is 0. The molecule has 0 radical (unpaired) electrons. The van der Waals surface area contributed by atoms with E-state index in [1.54, 1.807) is 12.3 Å². The Morgan fingerprint density at radius 2 is 2.14 bits per heavy atom. The fourth-order valence-electron chi connectivity index (χ4n) is 1.03. The number of nitrogens with zero attached hydrogens (tertiary/aromatic N) is 5. The molecule has 0 spiro atoms. The van der Waals surface area contributed by atoms with Crippen LogP contribution in [0.2, 0.25) is 0 Å². The largest absolute Gasteiger partial charge is 0.382 e. The van der Waals surface area contributed by atoms with Gasteiger partial charge in [-0.25, -0.2) is 14.6 Å². The zero-order valence-corrected chi connectivity index (χ0v) is 7.12. The van der Waals surface area contributed by atoms with Crippen molar-refractivity contribution in [3.05, 3.63) is 30.4 Å². The molecule has 68 valence electrons. The normalized spacial score (nSPS) is 9.64. The minimum absolute atomic E-state index is 0.218. The Morgan fingerprint density at radius 3 is 2.79 bits per heavy atom. The van der Waals surface area contributed by atoms with Crippen LogP contribution < -0.4 is 5.73 Å².